The molecule has 1 aliphatic carbocycles. The van der Waals surface area contributed by atoms with Crippen molar-refractivity contribution in [1.29, 1.82) is 0 Å². The molecule has 0 bridgehead atoms. The number of nitrogens with one attached hydrogen (secondary N) is 1. The zero-order valence-electron chi connectivity index (χ0n) is 17.1. The second-order valence-corrected chi connectivity index (χ2v) is 7.90. The molecular formula is C23H24NO6-. The lowest BCUT2D eigenvalue weighted by atomic mass is 9.94. The molecule has 1 atom stereocenters. The number of carbonyl (C=O) groups is 2. The minimum atomic E-state index is -1.32. The van der Waals surface area contributed by atoms with E-state index >= 15 is 0 Å². The van der Waals surface area contributed by atoms with Crippen LogP contribution < -0.4 is 16.0 Å². The highest BCUT2D eigenvalue weighted by molar-refractivity contribution is 5.97. The summed E-state index contributed by atoms with van der Waals surface area (Å²) in [4.78, 5) is 35.7. The molecule has 3 aromatic rings. The van der Waals surface area contributed by atoms with Gasteiger partial charge in [-0.1, -0.05) is 6.92 Å². The third-order valence-electron chi connectivity index (χ3n) is 5.99. The number of amides is 1. The van der Waals surface area contributed by atoms with E-state index in [1.165, 1.54) is 5.56 Å². The van der Waals surface area contributed by atoms with E-state index in [0.29, 0.717) is 11.1 Å². The molecule has 7 nitrogen and oxygen atoms in total. The van der Waals surface area contributed by atoms with Crippen LogP contribution in [-0.2, 0) is 28.9 Å². The van der Waals surface area contributed by atoms with Gasteiger partial charge in [-0.15, -0.1) is 0 Å². The number of furan rings is 1. The minimum absolute atomic E-state index is 0.00968. The van der Waals surface area contributed by atoms with Crippen molar-refractivity contribution < 1.29 is 23.5 Å². The van der Waals surface area contributed by atoms with Crippen LogP contribution in [0.3, 0.4) is 0 Å². The van der Waals surface area contributed by atoms with Gasteiger partial charge in [-0.25, -0.2) is 4.79 Å². The van der Waals surface area contributed by atoms with Crippen LogP contribution in [0.1, 0.15) is 55.1 Å². The topological polar surface area (TPSA) is 113 Å². The number of carboxylic acid groups (broad SMARTS) is 1. The van der Waals surface area contributed by atoms with E-state index in [4.69, 9.17) is 8.83 Å². The van der Waals surface area contributed by atoms with Gasteiger partial charge in [0, 0.05) is 40.8 Å². The van der Waals surface area contributed by atoms with Crippen LogP contribution in [0, 0.1) is 6.92 Å². The first-order valence-corrected chi connectivity index (χ1v) is 10.4. The first-order chi connectivity index (χ1) is 14.4. The summed E-state index contributed by atoms with van der Waals surface area (Å²) in [5.74, 6) is -0.745. The molecule has 1 N–H and O–H groups in total. The van der Waals surface area contributed by atoms with Crippen molar-refractivity contribution in [3.63, 3.8) is 0 Å². The van der Waals surface area contributed by atoms with E-state index in [1.807, 2.05) is 13.0 Å². The van der Waals surface area contributed by atoms with Crippen molar-refractivity contribution in [3.8, 4) is 0 Å². The van der Waals surface area contributed by atoms with Crippen LogP contribution in [0.4, 0.5) is 0 Å². The molecule has 0 saturated carbocycles. The maximum Gasteiger partial charge on any atom is 0.339 e. The Morgan fingerprint density at radius 2 is 1.87 bits per heavy atom. The quantitative estimate of drug-likeness (QED) is 0.624. The predicted octanol–water partition coefficient (Wildman–Crippen LogP) is 2.30. The zero-order chi connectivity index (χ0) is 21.4. The lowest BCUT2D eigenvalue weighted by Gasteiger charge is -2.17. The summed E-state index contributed by atoms with van der Waals surface area (Å²) in [5.41, 5.74) is 3.14. The van der Waals surface area contributed by atoms with Crippen LogP contribution in [0.5, 0.6) is 0 Å². The first kappa shape index (κ1) is 20.2. The summed E-state index contributed by atoms with van der Waals surface area (Å²) in [6.07, 6.45) is 4.54. The second-order valence-electron chi connectivity index (χ2n) is 7.90. The average molecular weight is 410 g/mol. The van der Waals surface area contributed by atoms with Gasteiger partial charge in [-0.05, 0) is 50.7 Å². The highest BCUT2D eigenvalue weighted by Crippen LogP contribution is 2.35. The summed E-state index contributed by atoms with van der Waals surface area (Å²) >= 11 is 0. The number of hydrogen-bond donors (Lipinski definition) is 1. The maximum atomic E-state index is 12.6. The van der Waals surface area contributed by atoms with Crippen molar-refractivity contribution >= 4 is 33.8 Å². The van der Waals surface area contributed by atoms with Crippen LogP contribution in [0.25, 0.3) is 21.9 Å². The number of aliphatic carboxylic acids is 1. The van der Waals surface area contributed by atoms with Crippen LogP contribution in [0.2, 0.25) is 0 Å². The number of carbonyl (C=O) groups excluding carboxylic acids is 2. The van der Waals surface area contributed by atoms with Gasteiger partial charge in [-0.3, -0.25) is 4.79 Å². The van der Waals surface area contributed by atoms with E-state index in [9.17, 15) is 19.5 Å². The Kier molecular flexibility index (Phi) is 5.37. The van der Waals surface area contributed by atoms with Crippen molar-refractivity contribution in [2.45, 2.75) is 64.8 Å². The highest BCUT2D eigenvalue weighted by atomic mass is 16.4. The average Bonchev–Trinajstić information content (AvgIpc) is 3.07. The monoisotopic (exact) mass is 410 g/mol. The molecular weight excluding hydrogens is 386 g/mol. The van der Waals surface area contributed by atoms with Crippen LogP contribution >= 0.6 is 0 Å². The molecule has 4 rings (SSSR count). The number of carboxylic acids is 1. The molecule has 2 aromatic heterocycles. The Labute approximate surface area is 173 Å². The summed E-state index contributed by atoms with van der Waals surface area (Å²) in [6.45, 7) is 3.50. The molecule has 0 saturated heterocycles. The molecule has 30 heavy (non-hydrogen) atoms. The van der Waals surface area contributed by atoms with E-state index in [2.05, 4.69) is 5.32 Å². The molecule has 1 aromatic carbocycles. The van der Waals surface area contributed by atoms with Crippen molar-refractivity contribution in [2.24, 2.45) is 0 Å². The van der Waals surface area contributed by atoms with Crippen molar-refractivity contribution in [1.82, 2.24) is 5.32 Å². The summed E-state index contributed by atoms with van der Waals surface area (Å²) in [6, 6.07) is 2.76. The number of aryl methyl sites for hydroxylation is 3. The Morgan fingerprint density at radius 3 is 2.60 bits per heavy atom. The zero-order valence-corrected chi connectivity index (χ0v) is 17.1. The van der Waals surface area contributed by atoms with Gasteiger partial charge < -0.3 is 24.1 Å². The fourth-order valence-electron chi connectivity index (χ4n) is 4.27. The minimum Gasteiger partial charge on any atom is -0.548 e. The highest BCUT2D eigenvalue weighted by Gasteiger charge is 2.21. The third kappa shape index (κ3) is 3.60. The van der Waals surface area contributed by atoms with Gasteiger partial charge in [0.2, 0.25) is 5.91 Å². The summed E-state index contributed by atoms with van der Waals surface area (Å²) < 4.78 is 11.5. The van der Waals surface area contributed by atoms with E-state index < -0.39 is 23.5 Å². The largest absolute Gasteiger partial charge is 0.548 e. The predicted molar refractivity (Wildman–Crippen MR) is 109 cm³/mol. The molecule has 0 radical (unpaired) electrons. The van der Waals surface area contributed by atoms with Crippen molar-refractivity contribution in [3.05, 3.63) is 45.0 Å². The van der Waals surface area contributed by atoms with Gasteiger partial charge in [0.25, 0.3) is 0 Å². The van der Waals surface area contributed by atoms with Gasteiger partial charge in [-0.2, -0.15) is 0 Å². The fourth-order valence-corrected chi connectivity index (χ4v) is 4.27. The van der Waals surface area contributed by atoms with Gasteiger partial charge in [0.1, 0.15) is 16.9 Å². The smallest absolute Gasteiger partial charge is 0.339 e. The van der Waals surface area contributed by atoms with Gasteiger partial charge in [0.15, 0.2) is 0 Å². The molecule has 2 heterocycles. The third-order valence-corrected chi connectivity index (χ3v) is 5.99. The standard InChI is InChI=1S/C23H25NO6/c1-3-17(22(26)27)24-21(25)9-8-13-12(2)15-10-16-14-6-4-5-7-18(14)29-20(16)11-19(15)30-23(13)28/h10-11,17H,3-9H2,1-2H3,(H,24,25)(H,26,27)/p-1/t17-/m0/s1. The Balaban J connectivity index is 1.65. The van der Waals surface area contributed by atoms with Gasteiger partial charge in [0.05, 0.1) is 12.0 Å². The summed E-state index contributed by atoms with van der Waals surface area (Å²) in [5, 5.41) is 15.3. The molecule has 0 spiro atoms. The summed E-state index contributed by atoms with van der Waals surface area (Å²) in [7, 11) is 0. The molecule has 0 unspecified atom stereocenters. The van der Waals surface area contributed by atoms with Crippen LogP contribution in [-0.4, -0.2) is 17.9 Å². The molecule has 0 fully saturated rings. The molecule has 158 valence electrons. The van der Waals surface area contributed by atoms with Crippen LogP contribution in [0.15, 0.2) is 25.8 Å². The van der Waals surface area contributed by atoms with Gasteiger partial charge >= 0.3 is 5.63 Å². The maximum absolute atomic E-state index is 12.6. The molecule has 1 aliphatic rings. The lowest BCUT2D eigenvalue weighted by Crippen LogP contribution is -2.47. The first-order valence-electron chi connectivity index (χ1n) is 10.4. The van der Waals surface area contributed by atoms with E-state index in [-0.39, 0.29) is 19.3 Å². The molecule has 0 aliphatic heterocycles. The number of hydrogen-bond acceptors (Lipinski definition) is 6. The lowest BCUT2D eigenvalue weighted by molar-refractivity contribution is -0.308. The molecule has 1 amide bonds. The van der Waals surface area contributed by atoms with Crippen molar-refractivity contribution in [2.75, 3.05) is 0 Å². The Bertz CT molecular complexity index is 1200. The SMILES string of the molecule is CC[C@H](NC(=O)CCc1c(C)c2cc3c4c(oc3cc2oc1=O)CCCC4)C(=O)[O-]. The number of benzene rings is 1. The Hall–Kier alpha value is -3.09. The van der Waals surface area contributed by atoms with E-state index in [0.717, 1.165) is 53.4 Å². The number of rotatable bonds is 6. The second kappa shape index (κ2) is 7.97. The number of fused-ring (bicyclic) bond motifs is 4. The fraction of sp³-hybridized carbons (Fsp3) is 0.435. The normalized spacial score (nSPS) is 14.6. The Morgan fingerprint density at radius 1 is 1.13 bits per heavy atom. The molecule has 7 heteroatoms. The van der Waals surface area contributed by atoms with E-state index in [1.54, 1.807) is 13.0 Å².